The Balaban J connectivity index is 2.83. The van der Waals surface area contributed by atoms with Crippen molar-refractivity contribution in [2.75, 3.05) is 0 Å². The number of benzene rings is 1. The van der Waals surface area contributed by atoms with Crippen molar-refractivity contribution in [2.24, 2.45) is 0 Å². The van der Waals surface area contributed by atoms with Crippen LogP contribution in [0.15, 0.2) is 46.1 Å². The van der Waals surface area contributed by atoms with Gasteiger partial charge in [0.15, 0.2) is 0 Å². The van der Waals surface area contributed by atoms with Crippen molar-refractivity contribution >= 4 is 11.0 Å². The summed E-state index contributed by atoms with van der Waals surface area (Å²) in [7, 11) is 0. The van der Waals surface area contributed by atoms with Crippen LogP contribution in [0.3, 0.4) is 0 Å². The SMILES string of the molecule is C=CCc1c(C)ccc2ccc(=O)oc12. The molecule has 2 nitrogen and oxygen atoms in total. The average molecular weight is 200 g/mol. The second kappa shape index (κ2) is 3.73. The number of aryl methyl sites for hydroxylation is 1. The van der Waals surface area contributed by atoms with Gasteiger partial charge in [-0.15, -0.1) is 6.58 Å². The average Bonchev–Trinajstić information content (AvgIpc) is 2.23. The lowest BCUT2D eigenvalue weighted by Gasteiger charge is -2.05. The quantitative estimate of drug-likeness (QED) is 0.551. The third-order valence-electron chi connectivity index (χ3n) is 2.48. The highest BCUT2D eigenvalue weighted by atomic mass is 16.4. The smallest absolute Gasteiger partial charge is 0.336 e. The molecular weight excluding hydrogens is 188 g/mol. The van der Waals surface area contributed by atoms with Crippen LogP contribution in [-0.2, 0) is 6.42 Å². The van der Waals surface area contributed by atoms with Gasteiger partial charge in [-0.05, 0) is 25.0 Å². The van der Waals surface area contributed by atoms with E-state index in [1.807, 2.05) is 25.1 Å². The van der Waals surface area contributed by atoms with E-state index in [2.05, 4.69) is 6.58 Å². The van der Waals surface area contributed by atoms with Crippen LogP contribution in [0.4, 0.5) is 0 Å². The van der Waals surface area contributed by atoms with Crippen LogP contribution in [0.25, 0.3) is 11.0 Å². The third kappa shape index (κ3) is 1.71. The highest BCUT2D eigenvalue weighted by Crippen LogP contribution is 2.21. The highest BCUT2D eigenvalue weighted by Gasteiger charge is 2.05. The summed E-state index contributed by atoms with van der Waals surface area (Å²) in [5.74, 6) is 0. The van der Waals surface area contributed by atoms with Crippen molar-refractivity contribution in [3.05, 3.63) is 58.5 Å². The number of hydrogen-bond donors (Lipinski definition) is 0. The predicted molar refractivity (Wildman–Crippen MR) is 61.1 cm³/mol. The molecule has 0 unspecified atom stereocenters. The molecule has 0 fully saturated rings. The van der Waals surface area contributed by atoms with E-state index in [4.69, 9.17) is 4.42 Å². The van der Waals surface area contributed by atoms with Crippen molar-refractivity contribution in [1.29, 1.82) is 0 Å². The van der Waals surface area contributed by atoms with Crippen LogP contribution in [0.2, 0.25) is 0 Å². The summed E-state index contributed by atoms with van der Waals surface area (Å²) in [5.41, 5.74) is 2.54. The molecule has 0 aliphatic carbocycles. The van der Waals surface area contributed by atoms with Crippen molar-refractivity contribution in [3.63, 3.8) is 0 Å². The van der Waals surface area contributed by atoms with Gasteiger partial charge >= 0.3 is 5.63 Å². The molecule has 1 aromatic heterocycles. The Morgan fingerprint density at radius 2 is 2.07 bits per heavy atom. The molecule has 2 heteroatoms. The molecule has 0 radical (unpaired) electrons. The molecular formula is C13H12O2. The normalized spacial score (nSPS) is 10.5. The minimum absolute atomic E-state index is 0.307. The first-order valence-electron chi connectivity index (χ1n) is 4.85. The van der Waals surface area contributed by atoms with E-state index < -0.39 is 0 Å². The number of rotatable bonds is 2. The molecule has 0 saturated heterocycles. The lowest BCUT2D eigenvalue weighted by atomic mass is 10.0. The van der Waals surface area contributed by atoms with Crippen LogP contribution in [0.1, 0.15) is 11.1 Å². The van der Waals surface area contributed by atoms with E-state index in [-0.39, 0.29) is 5.63 Å². The zero-order valence-electron chi connectivity index (χ0n) is 8.62. The van der Waals surface area contributed by atoms with E-state index in [0.29, 0.717) is 5.58 Å². The fraction of sp³-hybridized carbons (Fsp3) is 0.154. The van der Waals surface area contributed by atoms with Gasteiger partial charge in [0, 0.05) is 17.0 Å². The molecule has 0 saturated carbocycles. The van der Waals surface area contributed by atoms with Gasteiger partial charge in [-0.25, -0.2) is 4.79 Å². The zero-order chi connectivity index (χ0) is 10.8. The largest absolute Gasteiger partial charge is 0.422 e. The molecule has 76 valence electrons. The van der Waals surface area contributed by atoms with Crippen molar-refractivity contribution in [1.82, 2.24) is 0 Å². The summed E-state index contributed by atoms with van der Waals surface area (Å²) >= 11 is 0. The minimum Gasteiger partial charge on any atom is -0.422 e. The molecule has 0 bridgehead atoms. The maximum Gasteiger partial charge on any atom is 0.336 e. The summed E-state index contributed by atoms with van der Waals surface area (Å²) in [6.07, 6.45) is 2.53. The molecule has 0 spiro atoms. The number of fused-ring (bicyclic) bond motifs is 1. The maximum absolute atomic E-state index is 11.2. The zero-order valence-corrected chi connectivity index (χ0v) is 8.62. The van der Waals surface area contributed by atoms with Gasteiger partial charge < -0.3 is 4.42 Å². The molecule has 0 aliphatic rings. The Morgan fingerprint density at radius 1 is 1.33 bits per heavy atom. The Hall–Kier alpha value is -1.83. The summed E-state index contributed by atoms with van der Waals surface area (Å²) < 4.78 is 5.22. The fourth-order valence-corrected chi connectivity index (χ4v) is 1.69. The van der Waals surface area contributed by atoms with E-state index in [0.717, 1.165) is 22.9 Å². The van der Waals surface area contributed by atoms with Crippen LogP contribution in [0, 0.1) is 6.92 Å². The van der Waals surface area contributed by atoms with Gasteiger partial charge in [0.2, 0.25) is 0 Å². The summed E-state index contributed by atoms with van der Waals surface area (Å²) in [5, 5.41) is 0.956. The van der Waals surface area contributed by atoms with Gasteiger partial charge in [-0.3, -0.25) is 0 Å². The molecule has 15 heavy (non-hydrogen) atoms. The Morgan fingerprint density at radius 3 is 2.80 bits per heavy atom. The molecule has 0 amide bonds. The monoisotopic (exact) mass is 200 g/mol. The first-order chi connectivity index (χ1) is 7.22. The van der Waals surface area contributed by atoms with Gasteiger partial charge in [0.05, 0.1) is 0 Å². The molecule has 0 aliphatic heterocycles. The molecule has 1 heterocycles. The van der Waals surface area contributed by atoms with Gasteiger partial charge in [-0.1, -0.05) is 18.2 Å². The van der Waals surface area contributed by atoms with Crippen LogP contribution in [0.5, 0.6) is 0 Å². The van der Waals surface area contributed by atoms with E-state index in [1.165, 1.54) is 6.07 Å². The molecule has 0 atom stereocenters. The van der Waals surface area contributed by atoms with Crippen molar-refractivity contribution < 1.29 is 4.42 Å². The lowest BCUT2D eigenvalue weighted by molar-refractivity contribution is 0.557. The Bertz CT molecular complexity index is 564. The number of allylic oxidation sites excluding steroid dienone is 1. The van der Waals surface area contributed by atoms with E-state index >= 15 is 0 Å². The lowest BCUT2D eigenvalue weighted by Crippen LogP contribution is -1.98. The molecule has 0 N–H and O–H groups in total. The standard InChI is InChI=1S/C13H12O2/c1-3-4-11-9(2)5-6-10-7-8-12(14)15-13(10)11/h3,5-8H,1,4H2,2H3. The van der Waals surface area contributed by atoms with Crippen LogP contribution >= 0.6 is 0 Å². The fourth-order valence-electron chi connectivity index (χ4n) is 1.69. The Labute approximate surface area is 87.8 Å². The summed E-state index contributed by atoms with van der Waals surface area (Å²) in [4.78, 5) is 11.2. The Kier molecular flexibility index (Phi) is 2.42. The van der Waals surface area contributed by atoms with E-state index in [9.17, 15) is 4.79 Å². The van der Waals surface area contributed by atoms with Gasteiger partial charge in [0.1, 0.15) is 5.58 Å². The number of hydrogen-bond acceptors (Lipinski definition) is 2. The van der Waals surface area contributed by atoms with Crippen LogP contribution < -0.4 is 5.63 Å². The van der Waals surface area contributed by atoms with E-state index in [1.54, 1.807) is 6.07 Å². The minimum atomic E-state index is -0.307. The first kappa shape index (κ1) is 9.71. The van der Waals surface area contributed by atoms with Crippen molar-refractivity contribution in [3.8, 4) is 0 Å². The molecule has 2 aromatic rings. The second-order valence-corrected chi connectivity index (χ2v) is 3.53. The highest BCUT2D eigenvalue weighted by molar-refractivity contribution is 5.81. The summed E-state index contributed by atoms with van der Waals surface area (Å²) in [6.45, 7) is 5.71. The topological polar surface area (TPSA) is 30.2 Å². The van der Waals surface area contributed by atoms with Gasteiger partial charge in [-0.2, -0.15) is 0 Å². The molecule has 1 aromatic carbocycles. The predicted octanol–water partition coefficient (Wildman–Crippen LogP) is 2.83. The second-order valence-electron chi connectivity index (χ2n) is 3.53. The third-order valence-corrected chi connectivity index (χ3v) is 2.48. The van der Waals surface area contributed by atoms with Crippen LogP contribution in [-0.4, -0.2) is 0 Å². The van der Waals surface area contributed by atoms with Gasteiger partial charge in [0.25, 0.3) is 0 Å². The summed E-state index contributed by atoms with van der Waals surface area (Å²) in [6, 6.07) is 7.21. The van der Waals surface area contributed by atoms with Crippen molar-refractivity contribution in [2.45, 2.75) is 13.3 Å². The maximum atomic E-state index is 11.2. The first-order valence-corrected chi connectivity index (χ1v) is 4.85. The molecule has 2 rings (SSSR count).